The average molecular weight is 346 g/mol. The Morgan fingerprint density at radius 2 is 1.84 bits per heavy atom. The number of β-amino-alcohol motifs (C(OH)–C–C–N with tert-alkyl or cyclic N) is 1. The lowest BCUT2D eigenvalue weighted by Crippen LogP contribution is -2.56. The Morgan fingerprint density at radius 1 is 1.08 bits per heavy atom. The summed E-state index contributed by atoms with van der Waals surface area (Å²) in [6, 6.07) is 0. The van der Waals surface area contributed by atoms with Gasteiger partial charge in [-0.1, -0.05) is 25.5 Å². The summed E-state index contributed by atoms with van der Waals surface area (Å²) in [4.78, 5) is 2.42. The van der Waals surface area contributed by atoms with E-state index in [1.165, 1.54) is 38.8 Å². The molecule has 5 rings (SSSR count). The van der Waals surface area contributed by atoms with E-state index >= 15 is 0 Å². The molecule has 7 atom stereocenters. The fraction of sp³-hybridized carbons (Fsp3) is 0.909. The minimum atomic E-state index is -0.465. The monoisotopic (exact) mass is 345 g/mol. The standard InChI is InChI=1S/C22H35NO2/c1-20-8-5-16(24)13-15(20)3-4-17-18(20)6-9-21(2)19(17)7-10-22(21,25)14-23-11-12-23/h3,16-19,24-25H,4-14H2,1-2H3. The van der Waals surface area contributed by atoms with Crippen LogP contribution in [0.1, 0.15) is 65.2 Å². The molecule has 1 saturated heterocycles. The Kier molecular flexibility index (Phi) is 3.57. The number of allylic oxidation sites excluding steroid dienone is 1. The minimum Gasteiger partial charge on any atom is -0.393 e. The molecule has 0 amide bonds. The van der Waals surface area contributed by atoms with Crippen molar-refractivity contribution in [2.75, 3.05) is 19.6 Å². The molecule has 3 nitrogen and oxygen atoms in total. The van der Waals surface area contributed by atoms with Crippen molar-refractivity contribution in [3.05, 3.63) is 11.6 Å². The van der Waals surface area contributed by atoms with Crippen LogP contribution in [0.5, 0.6) is 0 Å². The first-order chi connectivity index (χ1) is 11.9. The van der Waals surface area contributed by atoms with Crippen molar-refractivity contribution in [2.45, 2.75) is 76.9 Å². The summed E-state index contributed by atoms with van der Waals surface area (Å²) in [5.41, 5.74) is 1.50. The van der Waals surface area contributed by atoms with Gasteiger partial charge in [-0.15, -0.1) is 0 Å². The van der Waals surface area contributed by atoms with Gasteiger partial charge in [-0.25, -0.2) is 0 Å². The van der Waals surface area contributed by atoms with Crippen molar-refractivity contribution in [1.29, 1.82) is 0 Å². The number of rotatable bonds is 2. The highest BCUT2D eigenvalue weighted by Crippen LogP contribution is 2.67. The molecule has 0 spiro atoms. The number of fused-ring (bicyclic) bond motifs is 5. The molecule has 0 bridgehead atoms. The molecule has 0 aromatic rings. The smallest absolute Gasteiger partial charge is 0.0830 e. The van der Waals surface area contributed by atoms with Crippen molar-refractivity contribution >= 4 is 0 Å². The van der Waals surface area contributed by atoms with Gasteiger partial charge in [-0.3, -0.25) is 4.90 Å². The van der Waals surface area contributed by atoms with E-state index in [0.29, 0.717) is 11.3 Å². The fourth-order valence-corrected chi connectivity index (χ4v) is 7.61. The second-order valence-electron chi connectivity index (χ2n) is 10.5. The SMILES string of the molecule is CC12CCC(O)CC1=CCC1C2CCC2(C)C1CCC2(O)CN1CC1. The van der Waals surface area contributed by atoms with Crippen LogP contribution in [0.2, 0.25) is 0 Å². The molecule has 1 aliphatic heterocycles. The zero-order valence-electron chi connectivity index (χ0n) is 16.0. The summed E-state index contributed by atoms with van der Waals surface area (Å²) in [5, 5.41) is 21.7. The highest BCUT2D eigenvalue weighted by Gasteiger charge is 2.64. The summed E-state index contributed by atoms with van der Waals surface area (Å²) < 4.78 is 0. The van der Waals surface area contributed by atoms with Gasteiger partial charge in [-0.2, -0.15) is 0 Å². The normalized spacial score (nSPS) is 55.1. The summed E-state index contributed by atoms with van der Waals surface area (Å²) in [5.74, 6) is 2.19. The highest BCUT2D eigenvalue weighted by atomic mass is 16.3. The first-order valence-corrected chi connectivity index (χ1v) is 10.7. The first-order valence-electron chi connectivity index (χ1n) is 10.7. The Morgan fingerprint density at radius 3 is 2.60 bits per heavy atom. The lowest BCUT2D eigenvalue weighted by Gasteiger charge is -2.59. The number of hydrogen-bond acceptors (Lipinski definition) is 3. The Labute approximate surface area is 152 Å². The van der Waals surface area contributed by atoms with Crippen LogP contribution < -0.4 is 0 Å². The molecule has 1 heterocycles. The molecule has 3 saturated carbocycles. The quantitative estimate of drug-likeness (QED) is 0.596. The molecule has 0 aromatic heterocycles. The highest BCUT2D eigenvalue weighted by molar-refractivity contribution is 5.26. The van der Waals surface area contributed by atoms with Crippen LogP contribution in [0.25, 0.3) is 0 Å². The van der Waals surface area contributed by atoms with Gasteiger partial charge in [0.15, 0.2) is 0 Å². The molecular formula is C22H35NO2. The third-order valence-electron chi connectivity index (χ3n) is 9.42. The number of aliphatic hydroxyl groups is 2. The summed E-state index contributed by atoms with van der Waals surface area (Å²) in [6.07, 6.45) is 11.3. The maximum Gasteiger partial charge on any atom is 0.0830 e. The second kappa shape index (κ2) is 5.33. The molecule has 7 unspecified atom stereocenters. The lowest BCUT2D eigenvalue weighted by molar-refractivity contribution is -0.128. The third kappa shape index (κ3) is 2.28. The average Bonchev–Trinajstić information content (AvgIpc) is 3.33. The van der Waals surface area contributed by atoms with Crippen molar-refractivity contribution < 1.29 is 10.2 Å². The van der Waals surface area contributed by atoms with Gasteiger partial charge in [0.2, 0.25) is 0 Å². The Balaban J connectivity index is 1.45. The van der Waals surface area contributed by atoms with Crippen LogP contribution in [-0.4, -0.2) is 46.5 Å². The van der Waals surface area contributed by atoms with E-state index in [2.05, 4.69) is 24.8 Å². The predicted octanol–water partition coefficient (Wildman–Crippen LogP) is 3.36. The molecule has 25 heavy (non-hydrogen) atoms. The summed E-state index contributed by atoms with van der Waals surface area (Å²) >= 11 is 0. The topological polar surface area (TPSA) is 43.5 Å². The third-order valence-corrected chi connectivity index (χ3v) is 9.42. The van der Waals surface area contributed by atoms with Crippen LogP contribution in [0.3, 0.4) is 0 Å². The molecule has 4 aliphatic carbocycles. The zero-order valence-corrected chi connectivity index (χ0v) is 16.0. The molecule has 0 aromatic carbocycles. The van der Waals surface area contributed by atoms with E-state index in [-0.39, 0.29) is 11.5 Å². The predicted molar refractivity (Wildman–Crippen MR) is 99.1 cm³/mol. The van der Waals surface area contributed by atoms with E-state index in [9.17, 15) is 10.2 Å². The largest absolute Gasteiger partial charge is 0.393 e. The molecule has 140 valence electrons. The molecule has 5 aliphatic rings. The molecule has 4 fully saturated rings. The molecule has 2 N–H and O–H groups in total. The molecular weight excluding hydrogens is 310 g/mol. The van der Waals surface area contributed by atoms with Crippen LogP contribution in [0.4, 0.5) is 0 Å². The fourth-order valence-electron chi connectivity index (χ4n) is 7.61. The van der Waals surface area contributed by atoms with Gasteiger partial charge in [0.05, 0.1) is 11.7 Å². The van der Waals surface area contributed by atoms with Crippen molar-refractivity contribution in [3.8, 4) is 0 Å². The van der Waals surface area contributed by atoms with E-state index in [1.807, 2.05) is 0 Å². The molecule has 3 heteroatoms. The Bertz CT molecular complexity index is 599. The number of aliphatic hydroxyl groups excluding tert-OH is 1. The van der Waals surface area contributed by atoms with E-state index in [4.69, 9.17) is 0 Å². The summed E-state index contributed by atoms with van der Waals surface area (Å²) in [6.45, 7) is 8.17. The number of nitrogens with zero attached hydrogens (tertiary/aromatic N) is 1. The van der Waals surface area contributed by atoms with Crippen LogP contribution >= 0.6 is 0 Å². The minimum absolute atomic E-state index is 0.104. The van der Waals surface area contributed by atoms with Gasteiger partial charge in [0, 0.05) is 25.0 Å². The molecule has 0 radical (unpaired) electrons. The second-order valence-corrected chi connectivity index (χ2v) is 10.5. The van der Waals surface area contributed by atoms with Gasteiger partial charge < -0.3 is 10.2 Å². The Hall–Kier alpha value is -0.380. The summed E-state index contributed by atoms with van der Waals surface area (Å²) in [7, 11) is 0. The van der Waals surface area contributed by atoms with Gasteiger partial charge >= 0.3 is 0 Å². The van der Waals surface area contributed by atoms with E-state index in [0.717, 1.165) is 44.1 Å². The van der Waals surface area contributed by atoms with Crippen molar-refractivity contribution in [2.24, 2.45) is 28.6 Å². The van der Waals surface area contributed by atoms with Crippen LogP contribution in [0.15, 0.2) is 11.6 Å². The van der Waals surface area contributed by atoms with Gasteiger partial charge in [-0.05, 0) is 74.5 Å². The number of hydrogen-bond donors (Lipinski definition) is 2. The van der Waals surface area contributed by atoms with E-state index < -0.39 is 5.60 Å². The maximum atomic E-state index is 11.6. The van der Waals surface area contributed by atoms with Crippen LogP contribution in [0, 0.1) is 28.6 Å². The van der Waals surface area contributed by atoms with Crippen molar-refractivity contribution in [3.63, 3.8) is 0 Å². The van der Waals surface area contributed by atoms with Crippen LogP contribution in [-0.2, 0) is 0 Å². The van der Waals surface area contributed by atoms with Crippen molar-refractivity contribution in [1.82, 2.24) is 4.90 Å². The zero-order chi connectivity index (χ0) is 17.4. The van der Waals surface area contributed by atoms with Gasteiger partial charge in [0.1, 0.15) is 0 Å². The lowest BCUT2D eigenvalue weighted by atomic mass is 9.47. The van der Waals surface area contributed by atoms with Gasteiger partial charge in [0.25, 0.3) is 0 Å². The first kappa shape index (κ1) is 16.8. The maximum absolute atomic E-state index is 11.6. The van der Waals surface area contributed by atoms with E-state index in [1.54, 1.807) is 5.57 Å².